The first-order valence-electron chi connectivity index (χ1n) is 8.24. The molecule has 0 aromatic carbocycles. The maximum atomic E-state index is 12.3. The third-order valence-electron chi connectivity index (χ3n) is 4.54. The largest absolute Gasteiger partial charge is 0.373 e. The summed E-state index contributed by atoms with van der Waals surface area (Å²) in [4.78, 5) is 18.8. The minimum absolute atomic E-state index is 0.163. The first-order valence-corrected chi connectivity index (χ1v) is 8.24. The van der Waals surface area contributed by atoms with Crippen LogP contribution in [0.2, 0.25) is 0 Å². The fourth-order valence-electron chi connectivity index (χ4n) is 2.72. The van der Waals surface area contributed by atoms with Gasteiger partial charge in [-0.1, -0.05) is 0 Å². The molecule has 1 aliphatic heterocycles. The molecular weight excluding hydrogens is 266 g/mol. The van der Waals surface area contributed by atoms with Gasteiger partial charge < -0.3 is 14.5 Å². The van der Waals surface area contributed by atoms with Crippen molar-refractivity contribution < 1.29 is 9.53 Å². The van der Waals surface area contributed by atoms with Crippen LogP contribution in [0.3, 0.4) is 0 Å². The molecular formula is C16H31N3O2. The predicted molar refractivity (Wildman–Crippen MR) is 84.3 cm³/mol. The van der Waals surface area contributed by atoms with Crippen LogP contribution in [0, 0.1) is 5.92 Å². The lowest BCUT2D eigenvalue weighted by atomic mass is 10.2. The van der Waals surface area contributed by atoms with Gasteiger partial charge in [-0.25, -0.2) is 0 Å². The lowest BCUT2D eigenvalue weighted by Crippen LogP contribution is -2.51. The summed E-state index contributed by atoms with van der Waals surface area (Å²) in [5.41, 5.74) is 0. The van der Waals surface area contributed by atoms with E-state index in [0.717, 1.165) is 25.6 Å². The lowest BCUT2D eigenvalue weighted by molar-refractivity contribution is -0.140. The Morgan fingerprint density at radius 3 is 2.62 bits per heavy atom. The Hall–Kier alpha value is -0.650. The topological polar surface area (TPSA) is 36.0 Å². The van der Waals surface area contributed by atoms with Crippen LogP contribution in [0.5, 0.6) is 0 Å². The molecule has 2 aliphatic rings. The van der Waals surface area contributed by atoms with Gasteiger partial charge in [0.15, 0.2) is 0 Å². The SMILES string of the molecule is CC(C)N(C)CC(=O)N1CCO[C@@H](CN(C)CC2CC2)C1. The molecule has 122 valence electrons. The molecule has 0 unspecified atom stereocenters. The summed E-state index contributed by atoms with van der Waals surface area (Å²) < 4.78 is 5.83. The number of hydrogen-bond donors (Lipinski definition) is 0. The number of likely N-dealkylation sites (N-methyl/N-ethyl adjacent to an activating group) is 2. The molecule has 1 aliphatic carbocycles. The third-order valence-corrected chi connectivity index (χ3v) is 4.54. The van der Waals surface area contributed by atoms with Gasteiger partial charge in [0.05, 0.1) is 19.3 Å². The highest BCUT2D eigenvalue weighted by atomic mass is 16.5. The van der Waals surface area contributed by atoms with Crippen molar-refractivity contribution in [1.82, 2.24) is 14.7 Å². The van der Waals surface area contributed by atoms with Crippen molar-refractivity contribution in [2.75, 3.05) is 53.4 Å². The van der Waals surface area contributed by atoms with Gasteiger partial charge in [-0.15, -0.1) is 0 Å². The van der Waals surface area contributed by atoms with Crippen LogP contribution in [-0.4, -0.2) is 86.2 Å². The van der Waals surface area contributed by atoms with Gasteiger partial charge in [-0.2, -0.15) is 0 Å². The van der Waals surface area contributed by atoms with E-state index in [1.165, 1.54) is 19.4 Å². The molecule has 0 bridgehead atoms. The van der Waals surface area contributed by atoms with Crippen molar-refractivity contribution >= 4 is 5.91 Å². The van der Waals surface area contributed by atoms with Crippen LogP contribution in [-0.2, 0) is 9.53 Å². The minimum atomic E-state index is 0.163. The van der Waals surface area contributed by atoms with Crippen molar-refractivity contribution in [3.05, 3.63) is 0 Å². The Morgan fingerprint density at radius 1 is 1.29 bits per heavy atom. The molecule has 1 heterocycles. The van der Waals surface area contributed by atoms with E-state index in [-0.39, 0.29) is 12.0 Å². The molecule has 0 aromatic heterocycles. The highest BCUT2D eigenvalue weighted by Gasteiger charge is 2.28. The van der Waals surface area contributed by atoms with Gasteiger partial charge >= 0.3 is 0 Å². The molecule has 5 heteroatoms. The molecule has 0 N–H and O–H groups in total. The fourth-order valence-corrected chi connectivity index (χ4v) is 2.72. The predicted octanol–water partition coefficient (Wildman–Crippen LogP) is 0.896. The van der Waals surface area contributed by atoms with Crippen LogP contribution in [0.15, 0.2) is 0 Å². The normalized spacial score (nSPS) is 23.4. The van der Waals surface area contributed by atoms with Crippen molar-refractivity contribution in [2.45, 2.75) is 38.8 Å². The quantitative estimate of drug-likeness (QED) is 0.699. The number of hydrogen-bond acceptors (Lipinski definition) is 4. The van der Waals surface area contributed by atoms with Crippen LogP contribution >= 0.6 is 0 Å². The zero-order valence-electron chi connectivity index (χ0n) is 14.0. The van der Waals surface area contributed by atoms with Crippen LogP contribution < -0.4 is 0 Å². The van der Waals surface area contributed by atoms with Crippen molar-refractivity contribution in [2.24, 2.45) is 5.92 Å². The molecule has 1 amide bonds. The number of nitrogens with zero attached hydrogens (tertiary/aromatic N) is 3. The standard InChI is InChI=1S/C16H31N3O2/c1-13(2)18(4)12-16(20)19-7-8-21-15(11-19)10-17(3)9-14-5-6-14/h13-15H,5-12H2,1-4H3/t15-/m0/s1. The summed E-state index contributed by atoms with van der Waals surface area (Å²) in [7, 11) is 4.17. The number of morpholine rings is 1. The summed E-state index contributed by atoms with van der Waals surface area (Å²) in [6, 6.07) is 0.399. The summed E-state index contributed by atoms with van der Waals surface area (Å²) >= 11 is 0. The first-order chi connectivity index (χ1) is 9.95. The maximum Gasteiger partial charge on any atom is 0.236 e. The van der Waals surface area contributed by atoms with E-state index >= 15 is 0 Å². The number of rotatable bonds is 7. The van der Waals surface area contributed by atoms with Gasteiger partial charge in [-0.05, 0) is 46.7 Å². The van der Waals surface area contributed by atoms with Crippen LogP contribution in [0.25, 0.3) is 0 Å². The second kappa shape index (κ2) is 7.56. The molecule has 2 fully saturated rings. The number of amides is 1. The number of carbonyl (C=O) groups is 1. The van der Waals surface area contributed by atoms with E-state index in [2.05, 4.69) is 30.7 Å². The van der Waals surface area contributed by atoms with E-state index in [9.17, 15) is 4.79 Å². The molecule has 5 nitrogen and oxygen atoms in total. The Bertz CT molecular complexity index is 344. The molecule has 2 rings (SSSR count). The minimum Gasteiger partial charge on any atom is -0.373 e. The van der Waals surface area contributed by atoms with Crippen molar-refractivity contribution in [1.29, 1.82) is 0 Å². The summed E-state index contributed by atoms with van der Waals surface area (Å²) in [6.45, 7) is 8.96. The first kappa shape index (κ1) is 16.7. The van der Waals surface area contributed by atoms with Gasteiger partial charge in [0.1, 0.15) is 0 Å². The van der Waals surface area contributed by atoms with E-state index < -0.39 is 0 Å². The molecule has 21 heavy (non-hydrogen) atoms. The van der Waals surface area contributed by atoms with Gasteiger partial charge in [0.25, 0.3) is 0 Å². The van der Waals surface area contributed by atoms with Crippen molar-refractivity contribution in [3.63, 3.8) is 0 Å². The Labute approximate surface area is 129 Å². The zero-order chi connectivity index (χ0) is 15.4. The van der Waals surface area contributed by atoms with E-state index in [1.807, 2.05) is 11.9 Å². The summed E-state index contributed by atoms with van der Waals surface area (Å²) in [5.74, 6) is 1.13. The van der Waals surface area contributed by atoms with E-state index in [4.69, 9.17) is 4.74 Å². The van der Waals surface area contributed by atoms with Gasteiger partial charge in [0, 0.05) is 32.2 Å². The molecule has 0 radical (unpaired) electrons. The summed E-state index contributed by atoms with van der Waals surface area (Å²) in [6.07, 6.45) is 2.92. The second-order valence-electron chi connectivity index (χ2n) is 7.01. The third kappa shape index (κ3) is 5.57. The lowest BCUT2D eigenvalue weighted by Gasteiger charge is -2.36. The van der Waals surface area contributed by atoms with Gasteiger partial charge in [0.2, 0.25) is 5.91 Å². The zero-order valence-corrected chi connectivity index (χ0v) is 14.0. The Kier molecular flexibility index (Phi) is 6.02. The van der Waals surface area contributed by atoms with E-state index in [1.54, 1.807) is 0 Å². The maximum absolute atomic E-state index is 12.3. The Morgan fingerprint density at radius 2 is 2.00 bits per heavy atom. The number of carbonyl (C=O) groups excluding carboxylic acids is 1. The molecule has 0 aromatic rings. The van der Waals surface area contributed by atoms with Crippen LogP contribution in [0.4, 0.5) is 0 Å². The average molecular weight is 297 g/mol. The summed E-state index contributed by atoms with van der Waals surface area (Å²) in [5, 5.41) is 0. The molecule has 1 atom stereocenters. The smallest absolute Gasteiger partial charge is 0.236 e. The molecule has 0 spiro atoms. The Balaban J connectivity index is 1.75. The molecule has 1 saturated heterocycles. The fraction of sp³-hybridized carbons (Fsp3) is 0.938. The van der Waals surface area contributed by atoms with Crippen molar-refractivity contribution in [3.8, 4) is 0 Å². The number of ether oxygens (including phenoxy) is 1. The highest BCUT2D eigenvalue weighted by molar-refractivity contribution is 5.78. The van der Waals surface area contributed by atoms with Crippen LogP contribution in [0.1, 0.15) is 26.7 Å². The second-order valence-corrected chi connectivity index (χ2v) is 7.01. The van der Waals surface area contributed by atoms with E-state index in [0.29, 0.717) is 19.2 Å². The van der Waals surface area contributed by atoms with Gasteiger partial charge in [-0.3, -0.25) is 9.69 Å². The monoisotopic (exact) mass is 297 g/mol. The molecule has 1 saturated carbocycles. The average Bonchev–Trinajstić information content (AvgIpc) is 3.22. The highest BCUT2D eigenvalue weighted by Crippen LogP contribution is 2.29.